The van der Waals surface area contributed by atoms with Crippen molar-refractivity contribution in [1.82, 2.24) is 0 Å². The SMILES string of the molecule is CCOC(=O)C(C#N)CC=C(C)CCC=C(C)C. The molecule has 0 N–H and O–H groups in total. The second kappa shape index (κ2) is 9.47. The van der Waals surface area contributed by atoms with Crippen LogP contribution in [0.1, 0.15) is 47.0 Å². The van der Waals surface area contributed by atoms with Gasteiger partial charge in [-0.1, -0.05) is 23.3 Å². The molecule has 0 amide bonds. The quantitative estimate of drug-likeness (QED) is 0.509. The van der Waals surface area contributed by atoms with Gasteiger partial charge >= 0.3 is 5.97 Å². The summed E-state index contributed by atoms with van der Waals surface area (Å²) >= 11 is 0. The van der Waals surface area contributed by atoms with Crippen molar-refractivity contribution in [2.45, 2.75) is 47.0 Å². The summed E-state index contributed by atoms with van der Waals surface area (Å²) in [6.07, 6.45) is 6.55. The first-order valence-corrected chi connectivity index (χ1v) is 6.36. The highest BCUT2D eigenvalue weighted by atomic mass is 16.5. The maximum atomic E-state index is 11.4. The fourth-order valence-electron chi connectivity index (χ4n) is 1.45. The van der Waals surface area contributed by atoms with Crippen LogP contribution in [0.3, 0.4) is 0 Å². The van der Waals surface area contributed by atoms with E-state index < -0.39 is 11.9 Å². The Morgan fingerprint density at radius 3 is 2.50 bits per heavy atom. The molecule has 0 bridgehead atoms. The summed E-state index contributed by atoms with van der Waals surface area (Å²) in [4.78, 5) is 11.4. The summed E-state index contributed by atoms with van der Waals surface area (Å²) in [5, 5.41) is 8.90. The predicted octanol–water partition coefficient (Wildman–Crippen LogP) is 3.77. The largest absolute Gasteiger partial charge is 0.465 e. The Morgan fingerprint density at radius 2 is 2.00 bits per heavy atom. The molecule has 0 aliphatic carbocycles. The van der Waals surface area contributed by atoms with Crippen LogP contribution in [0, 0.1) is 17.2 Å². The minimum Gasteiger partial charge on any atom is -0.465 e. The first-order valence-electron chi connectivity index (χ1n) is 6.36. The molecule has 18 heavy (non-hydrogen) atoms. The van der Waals surface area contributed by atoms with Crippen molar-refractivity contribution in [1.29, 1.82) is 5.26 Å². The number of hydrogen-bond donors (Lipinski definition) is 0. The number of carbonyl (C=O) groups is 1. The van der Waals surface area contributed by atoms with E-state index in [0.717, 1.165) is 12.8 Å². The first-order chi connectivity index (χ1) is 8.51. The van der Waals surface area contributed by atoms with Crippen LogP contribution < -0.4 is 0 Å². The highest BCUT2D eigenvalue weighted by molar-refractivity contribution is 5.75. The molecule has 0 aliphatic rings. The molecular formula is C15H23NO2. The Labute approximate surface area is 110 Å². The molecule has 0 saturated heterocycles. The Balaban J connectivity index is 4.21. The Hall–Kier alpha value is -1.56. The highest BCUT2D eigenvalue weighted by Crippen LogP contribution is 2.12. The van der Waals surface area contributed by atoms with E-state index in [4.69, 9.17) is 10.00 Å². The van der Waals surface area contributed by atoms with Gasteiger partial charge in [-0.2, -0.15) is 5.26 Å². The lowest BCUT2D eigenvalue weighted by Crippen LogP contribution is -2.15. The van der Waals surface area contributed by atoms with Gasteiger partial charge in [-0.15, -0.1) is 0 Å². The minimum absolute atomic E-state index is 0.320. The average Bonchev–Trinajstić information content (AvgIpc) is 2.29. The van der Waals surface area contributed by atoms with Gasteiger partial charge in [0.1, 0.15) is 5.92 Å². The number of ether oxygens (including phenoxy) is 1. The molecule has 0 saturated carbocycles. The van der Waals surface area contributed by atoms with E-state index in [2.05, 4.69) is 19.9 Å². The lowest BCUT2D eigenvalue weighted by atomic mass is 10.0. The van der Waals surface area contributed by atoms with Gasteiger partial charge < -0.3 is 4.74 Å². The monoisotopic (exact) mass is 249 g/mol. The van der Waals surface area contributed by atoms with Crippen molar-refractivity contribution >= 4 is 5.97 Å². The van der Waals surface area contributed by atoms with E-state index >= 15 is 0 Å². The molecule has 0 spiro atoms. The number of nitriles is 1. The fraction of sp³-hybridized carbons (Fsp3) is 0.600. The number of allylic oxidation sites excluding steroid dienone is 4. The maximum absolute atomic E-state index is 11.4. The number of hydrogen-bond acceptors (Lipinski definition) is 3. The van der Waals surface area contributed by atoms with Crippen LogP contribution in [-0.2, 0) is 9.53 Å². The molecule has 0 aliphatic heterocycles. The lowest BCUT2D eigenvalue weighted by molar-refractivity contribution is -0.145. The van der Waals surface area contributed by atoms with Crippen LogP contribution in [0.4, 0.5) is 0 Å². The van der Waals surface area contributed by atoms with Gasteiger partial charge in [0.15, 0.2) is 0 Å². The third-order valence-electron chi connectivity index (χ3n) is 2.52. The van der Waals surface area contributed by atoms with Gasteiger partial charge in [0.05, 0.1) is 12.7 Å². The van der Waals surface area contributed by atoms with Crippen LogP contribution in [0.2, 0.25) is 0 Å². The van der Waals surface area contributed by atoms with E-state index in [0.29, 0.717) is 13.0 Å². The molecule has 0 rings (SSSR count). The van der Waals surface area contributed by atoms with Crippen molar-refractivity contribution < 1.29 is 9.53 Å². The third kappa shape index (κ3) is 7.67. The lowest BCUT2D eigenvalue weighted by Gasteiger charge is -2.06. The zero-order chi connectivity index (χ0) is 14.0. The Morgan fingerprint density at radius 1 is 1.33 bits per heavy atom. The van der Waals surface area contributed by atoms with Crippen molar-refractivity contribution in [2.75, 3.05) is 6.61 Å². The summed E-state index contributed by atoms with van der Waals surface area (Å²) in [6.45, 7) is 8.24. The molecule has 3 nitrogen and oxygen atoms in total. The minimum atomic E-state index is -0.677. The van der Waals surface area contributed by atoms with Gasteiger partial charge in [-0.05, 0) is 47.0 Å². The van der Waals surface area contributed by atoms with E-state index in [1.807, 2.05) is 19.1 Å². The van der Waals surface area contributed by atoms with Crippen LogP contribution in [0.15, 0.2) is 23.3 Å². The highest BCUT2D eigenvalue weighted by Gasteiger charge is 2.17. The molecule has 0 aromatic rings. The topological polar surface area (TPSA) is 50.1 Å². The van der Waals surface area contributed by atoms with E-state index in [1.165, 1.54) is 11.1 Å². The van der Waals surface area contributed by atoms with Gasteiger partial charge in [-0.3, -0.25) is 4.79 Å². The summed E-state index contributed by atoms with van der Waals surface area (Å²) in [6, 6.07) is 1.99. The molecular weight excluding hydrogens is 226 g/mol. The van der Waals surface area contributed by atoms with Crippen LogP contribution in [0.25, 0.3) is 0 Å². The van der Waals surface area contributed by atoms with Crippen molar-refractivity contribution in [3.05, 3.63) is 23.3 Å². The maximum Gasteiger partial charge on any atom is 0.323 e. The molecule has 0 aromatic carbocycles. The molecule has 1 atom stereocenters. The Kier molecular flexibility index (Phi) is 8.65. The number of rotatable bonds is 7. The van der Waals surface area contributed by atoms with Gasteiger partial charge in [0, 0.05) is 0 Å². The zero-order valence-electron chi connectivity index (χ0n) is 11.8. The summed E-state index contributed by atoms with van der Waals surface area (Å²) in [5.74, 6) is -1.10. The third-order valence-corrected chi connectivity index (χ3v) is 2.52. The second-order valence-corrected chi connectivity index (χ2v) is 4.54. The fourth-order valence-corrected chi connectivity index (χ4v) is 1.45. The summed E-state index contributed by atoms with van der Waals surface area (Å²) in [7, 11) is 0. The average molecular weight is 249 g/mol. The van der Waals surface area contributed by atoms with Gasteiger partial charge in [0.2, 0.25) is 0 Å². The molecule has 100 valence electrons. The Bertz CT molecular complexity index is 357. The smallest absolute Gasteiger partial charge is 0.323 e. The van der Waals surface area contributed by atoms with E-state index in [-0.39, 0.29) is 0 Å². The first kappa shape index (κ1) is 16.4. The second-order valence-electron chi connectivity index (χ2n) is 4.54. The van der Waals surface area contributed by atoms with Crippen molar-refractivity contribution in [3.63, 3.8) is 0 Å². The van der Waals surface area contributed by atoms with Crippen LogP contribution in [0.5, 0.6) is 0 Å². The molecule has 3 heteroatoms. The standard InChI is InChI=1S/C15H23NO2/c1-5-18-15(17)14(11-16)10-9-13(4)8-6-7-12(2)3/h7,9,14H,5-6,8,10H2,1-4H3. The number of carbonyl (C=O) groups excluding carboxylic acids is 1. The van der Waals surface area contributed by atoms with Gasteiger partial charge in [0.25, 0.3) is 0 Å². The van der Waals surface area contributed by atoms with E-state index in [9.17, 15) is 4.79 Å². The predicted molar refractivity (Wildman–Crippen MR) is 72.8 cm³/mol. The van der Waals surface area contributed by atoms with Crippen molar-refractivity contribution in [2.24, 2.45) is 5.92 Å². The van der Waals surface area contributed by atoms with E-state index in [1.54, 1.807) is 6.92 Å². The molecule has 0 fully saturated rings. The van der Waals surface area contributed by atoms with Crippen LogP contribution >= 0.6 is 0 Å². The summed E-state index contributed by atoms with van der Waals surface area (Å²) in [5.41, 5.74) is 2.52. The number of esters is 1. The zero-order valence-corrected chi connectivity index (χ0v) is 11.8. The van der Waals surface area contributed by atoms with Crippen LogP contribution in [-0.4, -0.2) is 12.6 Å². The molecule has 0 heterocycles. The number of nitrogens with zero attached hydrogens (tertiary/aromatic N) is 1. The molecule has 1 unspecified atom stereocenters. The normalized spacial score (nSPS) is 12.5. The van der Waals surface area contributed by atoms with Crippen molar-refractivity contribution in [3.8, 4) is 6.07 Å². The van der Waals surface area contributed by atoms with Gasteiger partial charge in [-0.25, -0.2) is 0 Å². The molecule has 0 aromatic heterocycles. The molecule has 0 radical (unpaired) electrons. The summed E-state index contributed by atoms with van der Waals surface area (Å²) < 4.78 is 4.84.